The molecule has 1 atom stereocenters. The van der Waals surface area contributed by atoms with E-state index in [4.69, 9.17) is 10.5 Å². The Hall–Kier alpha value is -1.55. The predicted octanol–water partition coefficient (Wildman–Crippen LogP) is 2.26. The number of amides is 1. The molecule has 1 aromatic carbocycles. The van der Waals surface area contributed by atoms with Gasteiger partial charge in [0.05, 0.1) is 0 Å². The second-order valence-electron chi connectivity index (χ2n) is 5.20. The average molecular weight is 264 g/mol. The molecule has 0 bridgehead atoms. The van der Waals surface area contributed by atoms with Gasteiger partial charge in [-0.2, -0.15) is 0 Å². The SMILES string of the molecule is Cc1cc([C@H](C)N)ccc1OCC(=O)N(C)C(C)C. The first-order valence-corrected chi connectivity index (χ1v) is 6.57. The van der Waals surface area contributed by atoms with Crippen LogP contribution in [0, 0.1) is 6.92 Å². The summed E-state index contributed by atoms with van der Waals surface area (Å²) in [4.78, 5) is 13.5. The normalized spacial score (nSPS) is 12.4. The van der Waals surface area contributed by atoms with E-state index in [1.54, 1.807) is 11.9 Å². The maximum atomic E-state index is 11.8. The molecule has 0 aromatic heterocycles. The number of ether oxygens (including phenoxy) is 1. The lowest BCUT2D eigenvalue weighted by Crippen LogP contribution is -2.36. The van der Waals surface area contributed by atoms with Gasteiger partial charge in [-0.25, -0.2) is 0 Å². The summed E-state index contributed by atoms with van der Waals surface area (Å²) in [5.41, 5.74) is 7.89. The largest absolute Gasteiger partial charge is 0.484 e. The maximum Gasteiger partial charge on any atom is 0.260 e. The van der Waals surface area contributed by atoms with Crippen molar-refractivity contribution >= 4 is 5.91 Å². The van der Waals surface area contributed by atoms with Crippen molar-refractivity contribution in [1.29, 1.82) is 0 Å². The van der Waals surface area contributed by atoms with Crippen LogP contribution in [0.3, 0.4) is 0 Å². The molecule has 0 saturated carbocycles. The smallest absolute Gasteiger partial charge is 0.260 e. The lowest BCUT2D eigenvalue weighted by atomic mass is 10.1. The molecule has 19 heavy (non-hydrogen) atoms. The molecule has 1 amide bonds. The van der Waals surface area contributed by atoms with Crippen LogP contribution in [0.1, 0.15) is 37.9 Å². The highest BCUT2D eigenvalue weighted by Crippen LogP contribution is 2.21. The number of hydrogen-bond donors (Lipinski definition) is 1. The Bertz CT molecular complexity index is 442. The van der Waals surface area contributed by atoms with Crippen LogP contribution in [-0.4, -0.2) is 30.5 Å². The maximum absolute atomic E-state index is 11.8. The molecule has 0 heterocycles. The molecule has 106 valence electrons. The molecule has 1 rings (SSSR count). The molecule has 2 N–H and O–H groups in total. The second kappa shape index (κ2) is 6.57. The van der Waals surface area contributed by atoms with Crippen molar-refractivity contribution in [3.63, 3.8) is 0 Å². The molecule has 0 spiro atoms. The lowest BCUT2D eigenvalue weighted by Gasteiger charge is -2.21. The lowest BCUT2D eigenvalue weighted by molar-refractivity contribution is -0.133. The summed E-state index contributed by atoms with van der Waals surface area (Å²) in [5.74, 6) is 0.709. The van der Waals surface area contributed by atoms with Crippen LogP contribution in [0.15, 0.2) is 18.2 Å². The van der Waals surface area contributed by atoms with Gasteiger partial charge in [0.2, 0.25) is 0 Å². The van der Waals surface area contributed by atoms with E-state index in [-0.39, 0.29) is 24.6 Å². The molecule has 0 unspecified atom stereocenters. The number of benzene rings is 1. The van der Waals surface area contributed by atoms with Crippen molar-refractivity contribution < 1.29 is 9.53 Å². The summed E-state index contributed by atoms with van der Waals surface area (Å²) in [6.07, 6.45) is 0. The topological polar surface area (TPSA) is 55.6 Å². The number of hydrogen-bond acceptors (Lipinski definition) is 3. The third-order valence-electron chi connectivity index (χ3n) is 3.24. The van der Waals surface area contributed by atoms with E-state index in [1.807, 2.05) is 45.9 Å². The molecule has 4 nitrogen and oxygen atoms in total. The van der Waals surface area contributed by atoms with Gasteiger partial charge in [-0.3, -0.25) is 4.79 Å². The Morgan fingerprint density at radius 2 is 2.00 bits per heavy atom. The van der Waals surface area contributed by atoms with Gasteiger partial charge in [0.15, 0.2) is 6.61 Å². The predicted molar refractivity (Wildman–Crippen MR) is 77.2 cm³/mol. The van der Waals surface area contributed by atoms with Crippen molar-refractivity contribution in [2.24, 2.45) is 5.73 Å². The zero-order chi connectivity index (χ0) is 14.6. The highest BCUT2D eigenvalue weighted by molar-refractivity contribution is 5.77. The van der Waals surface area contributed by atoms with Crippen LogP contribution in [0.2, 0.25) is 0 Å². The van der Waals surface area contributed by atoms with Crippen LogP contribution >= 0.6 is 0 Å². The van der Waals surface area contributed by atoms with Gasteiger partial charge >= 0.3 is 0 Å². The van der Waals surface area contributed by atoms with Gasteiger partial charge in [0.25, 0.3) is 5.91 Å². The highest BCUT2D eigenvalue weighted by atomic mass is 16.5. The van der Waals surface area contributed by atoms with Crippen LogP contribution in [0.5, 0.6) is 5.75 Å². The third-order valence-corrected chi connectivity index (χ3v) is 3.24. The van der Waals surface area contributed by atoms with Gasteiger partial charge in [0, 0.05) is 19.1 Å². The van der Waals surface area contributed by atoms with Crippen LogP contribution in [0.4, 0.5) is 0 Å². The fourth-order valence-corrected chi connectivity index (χ4v) is 1.65. The highest BCUT2D eigenvalue weighted by Gasteiger charge is 2.13. The van der Waals surface area contributed by atoms with Crippen molar-refractivity contribution in [3.05, 3.63) is 29.3 Å². The summed E-state index contributed by atoms with van der Waals surface area (Å²) in [6, 6.07) is 5.98. The molecule has 1 aromatic rings. The Balaban J connectivity index is 2.66. The van der Waals surface area contributed by atoms with Crippen molar-refractivity contribution in [2.45, 2.75) is 39.8 Å². The van der Waals surface area contributed by atoms with Crippen molar-refractivity contribution in [1.82, 2.24) is 4.90 Å². The summed E-state index contributed by atoms with van der Waals surface area (Å²) >= 11 is 0. The van der Waals surface area contributed by atoms with Crippen molar-refractivity contribution in [3.8, 4) is 5.75 Å². The standard InChI is InChI=1S/C15H24N2O2/c1-10(2)17(5)15(18)9-19-14-7-6-13(12(4)16)8-11(14)3/h6-8,10,12H,9,16H2,1-5H3/t12-/m0/s1. The summed E-state index contributed by atoms with van der Waals surface area (Å²) in [6.45, 7) is 7.91. The Morgan fingerprint density at radius 1 is 1.37 bits per heavy atom. The fourth-order valence-electron chi connectivity index (χ4n) is 1.65. The molecule has 0 saturated heterocycles. The number of carbonyl (C=O) groups is 1. The number of nitrogens with two attached hydrogens (primary N) is 1. The zero-order valence-electron chi connectivity index (χ0n) is 12.4. The van der Waals surface area contributed by atoms with Crippen LogP contribution in [-0.2, 0) is 4.79 Å². The summed E-state index contributed by atoms with van der Waals surface area (Å²) in [5, 5.41) is 0. The van der Waals surface area contributed by atoms with Gasteiger partial charge in [-0.1, -0.05) is 12.1 Å². The molecule has 0 aliphatic heterocycles. The van der Waals surface area contributed by atoms with Gasteiger partial charge in [0.1, 0.15) is 5.75 Å². The summed E-state index contributed by atoms with van der Waals surface area (Å²) < 4.78 is 5.57. The van der Waals surface area contributed by atoms with Crippen molar-refractivity contribution in [2.75, 3.05) is 13.7 Å². The first-order chi connectivity index (χ1) is 8.82. The molecular formula is C15H24N2O2. The molecule has 0 fully saturated rings. The van der Waals surface area contributed by atoms with E-state index in [1.165, 1.54) is 0 Å². The molecule has 0 aliphatic carbocycles. The van der Waals surface area contributed by atoms with E-state index >= 15 is 0 Å². The third kappa shape index (κ3) is 4.24. The number of nitrogens with zero attached hydrogens (tertiary/aromatic N) is 1. The Morgan fingerprint density at radius 3 is 2.47 bits per heavy atom. The minimum absolute atomic E-state index is 0.00135. The number of carbonyl (C=O) groups excluding carboxylic acids is 1. The van der Waals surface area contributed by atoms with Gasteiger partial charge in [-0.05, 0) is 44.9 Å². The quantitative estimate of drug-likeness (QED) is 0.887. The number of likely N-dealkylation sites (N-methyl/N-ethyl adjacent to an activating group) is 1. The number of rotatable bonds is 5. The molecular weight excluding hydrogens is 240 g/mol. The average Bonchev–Trinajstić information content (AvgIpc) is 2.35. The minimum Gasteiger partial charge on any atom is -0.484 e. The van der Waals surface area contributed by atoms with E-state index in [2.05, 4.69) is 0 Å². The zero-order valence-corrected chi connectivity index (χ0v) is 12.4. The van der Waals surface area contributed by atoms with Crippen LogP contribution in [0.25, 0.3) is 0 Å². The van der Waals surface area contributed by atoms with Gasteiger partial charge in [-0.15, -0.1) is 0 Å². The second-order valence-corrected chi connectivity index (χ2v) is 5.20. The molecule has 4 heteroatoms. The monoisotopic (exact) mass is 264 g/mol. The van der Waals surface area contributed by atoms with E-state index < -0.39 is 0 Å². The molecule has 0 radical (unpaired) electrons. The Labute approximate surface area is 115 Å². The van der Waals surface area contributed by atoms with E-state index in [0.717, 1.165) is 16.9 Å². The van der Waals surface area contributed by atoms with Gasteiger partial charge < -0.3 is 15.4 Å². The number of aryl methyl sites for hydroxylation is 1. The Kier molecular flexibility index (Phi) is 5.36. The first kappa shape index (κ1) is 15.5. The first-order valence-electron chi connectivity index (χ1n) is 6.57. The molecule has 0 aliphatic rings. The van der Waals surface area contributed by atoms with Crippen LogP contribution < -0.4 is 10.5 Å². The summed E-state index contributed by atoms with van der Waals surface area (Å²) in [7, 11) is 1.78. The minimum atomic E-state index is -0.0225. The van der Waals surface area contributed by atoms with E-state index in [9.17, 15) is 4.79 Å². The fraction of sp³-hybridized carbons (Fsp3) is 0.533. The van der Waals surface area contributed by atoms with E-state index in [0.29, 0.717) is 0 Å².